The molecule has 2 rings (SSSR count). The van der Waals surface area contributed by atoms with Gasteiger partial charge in [-0.3, -0.25) is 4.79 Å². The van der Waals surface area contributed by atoms with Crippen LogP contribution < -0.4 is 14.8 Å². The summed E-state index contributed by atoms with van der Waals surface area (Å²) in [5, 5.41) is 3.01. The third kappa shape index (κ3) is 6.04. The largest absolute Gasteiger partial charge is 0.493 e. The van der Waals surface area contributed by atoms with E-state index in [2.05, 4.69) is 5.32 Å². The second kappa shape index (κ2) is 9.64. The lowest BCUT2D eigenvalue weighted by Crippen LogP contribution is -2.20. The fourth-order valence-electron chi connectivity index (χ4n) is 2.30. The van der Waals surface area contributed by atoms with E-state index in [4.69, 9.17) is 25.8 Å². The van der Waals surface area contributed by atoms with Crippen LogP contribution in [0.3, 0.4) is 0 Å². The van der Waals surface area contributed by atoms with Gasteiger partial charge in [0.25, 0.3) is 5.91 Å². The molecule has 142 valence electrons. The molecule has 0 aliphatic heterocycles. The van der Waals surface area contributed by atoms with Crippen molar-refractivity contribution < 1.29 is 23.8 Å². The average Bonchev–Trinajstić information content (AvgIpc) is 2.64. The summed E-state index contributed by atoms with van der Waals surface area (Å²) in [6.45, 7) is 1.53. The zero-order chi connectivity index (χ0) is 19.8. The molecule has 0 radical (unpaired) electrons. The Morgan fingerprint density at radius 1 is 1.15 bits per heavy atom. The topological polar surface area (TPSA) is 73.9 Å². The van der Waals surface area contributed by atoms with Crippen LogP contribution in [0.2, 0.25) is 5.02 Å². The molecule has 0 atom stereocenters. The van der Waals surface area contributed by atoms with E-state index in [1.807, 2.05) is 25.1 Å². The van der Waals surface area contributed by atoms with Gasteiger partial charge in [-0.15, -0.1) is 0 Å². The number of hydrogen-bond donors (Lipinski definition) is 1. The maximum absolute atomic E-state index is 11.8. The lowest BCUT2D eigenvalue weighted by Gasteiger charge is -2.10. The van der Waals surface area contributed by atoms with Gasteiger partial charge in [0, 0.05) is 11.8 Å². The van der Waals surface area contributed by atoms with Crippen molar-refractivity contribution in [3.05, 3.63) is 58.6 Å². The number of rotatable bonds is 7. The highest BCUT2D eigenvalue weighted by Gasteiger charge is 2.10. The SMILES string of the molecule is COc1cc(/C=C/C(=O)OCC(=O)Nc2cccc(C)c2)cc(Cl)c1OC. The van der Waals surface area contributed by atoms with Crippen molar-refractivity contribution in [1.82, 2.24) is 0 Å². The number of halogens is 1. The lowest BCUT2D eigenvalue weighted by atomic mass is 10.2. The smallest absolute Gasteiger partial charge is 0.331 e. The van der Waals surface area contributed by atoms with Crippen molar-refractivity contribution >= 4 is 35.2 Å². The van der Waals surface area contributed by atoms with Gasteiger partial charge in [-0.05, 0) is 48.4 Å². The molecule has 27 heavy (non-hydrogen) atoms. The lowest BCUT2D eigenvalue weighted by molar-refractivity contribution is -0.142. The molecule has 2 aromatic carbocycles. The van der Waals surface area contributed by atoms with Crippen LogP contribution in [0.15, 0.2) is 42.5 Å². The summed E-state index contributed by atoms with van der Waals surface area (Å²) in [5.74, 6) is -0.223. The molecule has 0 aliphatic rings. The third-order valence-corrected chi connectivity index (χ3v) is 3.80. The van der Waals surface area contributed by atoms with Crippen LogP contribution >= 0.6 is 11.6 Å². The van der Waals surface area contributed by atoms with E-state index in [9.17, 15) is 9.59 Å². The van der Waals surface area contributed by atoms with Gasteiger partial charge in [0.05, 0.1) is 19.2 Å². The van der Waals surface area contributed by atoms with Gasteiger partial charge in [-0.25, -0.2) is 4.79 Å². The molecule has 0 unspecified atom stereocenters. The Morgan fingerprint density at radius 2 is 1.93 bits per heavy atom. The highest BCUT2D eigenvalue weighted by Crippen LogP contribution is 2.36. The Bertz CT molecular complexity index is 863. The normalized spacial score (nSPS) is 10.5. The van der Waals surface area contributed by atoms with E-state index in [-0.39, 0.29) is 6.61 Å². The summed E-state index contributed by atoms with van der Waals surface area (Å²) in [6, 6.07) is 10.6. The van der Waals surface area contributed by atoms with Gasteiger partial charge in [0.15, 0.2) is 18.1 Å². The molecule has 0 heterocycles. The van der Waals surface area contributed by atoms with Crippen molar-refractivity contribution in [2.24, 2.45) is 0 Å². The first-order valence-electron chi connectivity index (χ1n) is 8.06. The van der Waals surface area contributed by atoms with Crippen LogP contribution in [-0.4, -0.2) is 32.7 Å². The average molecular weight is 390 g/mol. The molecule has 6 nitrogen and oxygen atoms in total. The van der Waals surface area contributed by atoms with Gasteiger partial charge < -0.3 is 19.5 Å². The van der Waals surface area contributed by atoms with Gasteiger partial charge in [0.1, 0.15) is 0 Å². The molecule has 0 saturated heterocycles. The standard InChI is InChI=1S/C20H20ClNO5/c1-13-5-4-6-15(9-13)22-18(23)12-27-19(24)8-7-14-10-16(21)20(26-3)17(11-14)25-2/h4-11H,12H2,1-3H3,(H,22,23)/b8-7+. The molecular formula is C20H20ClNO5. The first-order valence-corrected chi connectivity index (χ1v) is 8.43. The molecular weight excluding hydrogens is 370 g/mol. The number of ether oxygens (including phenoxy) is 3. The van der Waals surface area contributed by atoms with E-state index < -0.39 is 11.9 Å². The predicted octanol–water partition coefficient (Wildman–Crippen LogP) is 3.86. The summed E-state index contributed by atoms with van der Waals surface area (Å²) in [4.78, 5) is 23.7. The van der Waals surface area contributed by atoms with Crippen molar-refractivity contribution in [3.63, 3.8) is 0 Å². The van der Waals surface area contributed by atoms with Crippen LogP contribution in [0, 0.1) is 6.92 Å². The number of benzene rings is 2. The molecule has 0 spiro atoms. The number of aryl methyl sites for hydroxylation is 1. The Morgan fingerprint density at radius 3 is 2.59 bits per heavy atom. The van der Waals surface area contributed by atoms with E-state index >= 15 is 0 Å². The molecule has 7 heteroatoms. The number of methoxy groups -OCH3 is 2. The number of esters is 1. The zero-order valence-corrected chi connectivity index (χ0v) is 16.0. The Labute approximate surface area is 162 Å². The van der Waals surface area contributed by atoms with E-state index in [1.54, 1.807) is 18.2 Å². The number of amides is 1. The van der Waals surface area contributed by atoms with E-state index in [1.165, 1.54) is 26.4 Å². The molecule has 0 aliphatic carbocycles. The third-order valence-electron chi connectivity index (χ3n) is 3.52. The fourth-order valence-corrected chi connectivity index (χ4v) is 2.60. The Balaban J connectivity index is 1.91. The van der Waals surface area contributed by atoms with E-state index in [0.29, 0.717) is 27.8 Å². The molecule has 2 aromatic rings. The molecule has 0 aromatic heterocycles. The highest BCUT2D eigenvalue weighted by molar-refractivity contribution is 6.32. The first kappa shape index (κ1) is 20.3. The molecule has 0 saturated carbocycles. The molecule has 0 fully saturated rings. The van der Waals surface area contributed by atoms with Crippen molar-refractivity contribution in [3.8, 4) is 11.5 Å². The second-order valence-corrected chi connectivity index (χ2v) is 6.00. The maximum atomic E-state index is 11.8. The summed E-state index contributed by atoms with van der Waals surface area (Å²) >= 11 is 6.11. The number of anilines is 1. The van der Waals surface area contributed by atoms with Gasteiger partial charge in [-0.2, -0.15) is 0 Å². The maximum Gasteiger partial charge on any atom is 0.331 e. The minimum atomic E-state index is -0.653. The van der Waals surface area contributed by atoms with Crippen LogP contribution in [0.4, 0.5) is 5.69 Å². The van der Waals surface area contributed by atoms with Crippen molar-refractivity contribution in [2.45, 2.75) is 6.92 Å². The van der Waals surface area contributed by atoms with Crippen LogP contribution in [-0.2, 0) is 14.3 Å². The fraction of sp³-hybridized carbons (Fsp3) is 0.200. The number of carbonyl (C=O) groups is 2. The quantitative estimate of drug-likeness (QED) is 0.575. The first-order chi connectivity index (χ1) is 12.9. The van der Waals surface area contributed by atoms with Crippen molar-refractivity contribution in [2.75, 3.05) is 26.1 Å². The van der Waals surface area contributed by atoms with Crippen molar-refractivity contribution in [1.29, 1.82) is 0 Å². The predicted molar refractivity (Wildman–Crippen MR) is 104 cm³/mol. The minimum Gasteiger partial charge on any atom is -0.493 e. The molecule has 1 N–H and O–H groups in total. The molecule has 0 bridgehead atoms. The van der Waals surface area contributed by atoms with Crippen LogP contribution in [0.5, 0.6) is 11.5 Å². The summed E-state index contributed by atoms with van der Waals surface area (Å²) in [7, 11) is 2.97. The number of hydrogen-bond acceptors (Lipinski definition) is 5. The summed E-state index contributed by atoms with van der Waals surface area (Å²) < 4.78 is 15.3. The summed E-state index contributed by atoms with van der Waals surface area (Å²) in [6.07, 6.45) is 2.71. The zero-order valence-electron chi connectivity index (χ0n) is 15.2. The minimum absolute atomic E-state index is 0.349. The molecule has 1 amide bonds. The number of carbonyl (C=O) groups excluding carboxylic acids is 2. The Kier molecular flexibility index (Phi) is 7.25. The summed E-state index contributed by atoms with van der Waals surface area (Å²) in [5.41, 5.74) is 2.28. The number of nitrogens with one attached hydrogen (secondary N) is 1. The highest BCUT2D eigenvalue weighted by atomic mass is 35.5. The van der Waals surface area contributed by atoms with Crippen LogP contribution in [0.25, 0.3) is 6.08 Å². The Hall–Kier alpha value is -2.99. The van der Waals surface area contributed by atoms with Crippen LogP contribution in [0.1, 0.15) is 11.1 Å². The monoisotopic (exact) mass is 389 g/mol. The van der Waals surface area contributed by atoms with Gasteiger partial charge in [0.2, 0.25) is 0 Å². The van der Waals surface area contributed by atoms with E-state index in [0.717, 1.165) is 5.56 Å². The van der Waals surface area contributed by atoms with Gasteiger partial charge in [-0.1, -0.05) is 23.7 Å². The van der Waals surface area contributed by atoms with Gasteiger partial charge >= 0.3 is 5.97 Å². The second-order valence-electron chi connectivity index (χ2n) is 5.60.